The second kappa shape index (κ2) is 7.54. The highest BCUT2D eigenvalue weighted by molar-refractivity contribution is 5.75. The summed E-state index contributed by atoms with van der Waals surface area (Å²) in [5, 5.41) is 2.77. The van der Waals surface area contributed by atoms with Crippen molar-refractivity contribution in [2.45, 2.75) is 26.7 Å². The van der Waals surface area contributed by atoms with Gasteiger partial charge in [-0.2, -0.15) is 0 Å². The first-order valence-electron chi connectivity index (χ1n) is 6.38. The van der Waals surface area contributed by atoms with Crippen LogP contribution in [0.1, 0.15) is 30.9 Å². The SMILES string of the molecule is CCCCN(C)C(=O)N/C=C/c1cccc(C)c1. The Morgan fingerprint density at radius 1 is 1.44 bits per heavy atom. The topological polar surface area (TPSA) is 32.3 Å². The van der Waals surface area contributed by atoms with Gasteiger partial charge in [-0.25, -0.2) is 4.79 Å². The molecule has 3 nitrogen and oxygen atoms in total. The summed E-state index contributed by atoms with van der Waals surface area (Å²) < 4.78 is 0. The molecule has 1 N–H and O–H groups in total. The number of urea groups is 1. The van der Waals surface area contributed by atoms with Gasteiger partial charge in [-0.15, -0.1) is 0 Å². The fourth-order valence-corrected chi connectivity index (χ4v) is 1.59. The third-order valence-corrected chi connectivity index (χ3v) is 2.72. The van der Waals surface area contributed by atoms with Gasteiger partial charge in [0.15, 0.2) is 0 Å². The van der Waals surface area contributed by atoms with Gasteiger partial charge >= 0.3 is 6.03 Å². The van der Waals surface area contributed by atoms with Crippen LogP contribution in [0.5, 0.6) is 0 Å². The summed E-state index contributed by atoms with van der Waals surface area (Å²) in [5.74, 6) is 0. The molecule has 0 aliphatic heterocycles. The number of rotatable bonds is 5. The van der Waals surface area contributed by atoms with Crippen molar-refractivity contribution in [1.82, 2.24) is 10.2 Å². The van der Waals surface area contributed by atoms with Crippen molar-refractivity contribution in [2.75, 3.05) is 13.6 Å². The number of carbonyl (C=O) groups excluding carboxylic acids is 1. The standard InChI is InChI=1S/C15H22N2O/c1-4-5-11-17(3)15(18)16-10-9-14-8-6-7-13(2)12-14/h6-10,12H,4-5,11H2,1-3H3,(H,16,18)/b10-9+. The van der Waals surface area contributed by atoms with Gasteiger partial charge < -0.3 is 10.2 Å². The molecular weight excluding hydrogens is 224 g/mol. The first kappa shape index (κ1) is 14.3. The lowest BCUT2D eigenvalue weighted by atomic mass is 10.1. The van der Waals surface area contributed by atoms with E-state index in [9.17, 15) is 4.79 Å². The molecule has 0 atom stereocenters. The number of hydrogen-bond acceptors (Lipinski definition) is 1. The highest BCUT2D eigenvalue weighted by atomic mass is 16.2. The molecule has 0 aliphatic rings. The van der Waals surface area contributed by atoms with Crippen LogP contribution in [-0.2, 0) is 0 Å². The molecule has 0 radical (unpaired) electrons. The molecule has 0 saturated carbocycles. The maximum absolute atomic E-state index is 11.7. The molecule has 0 unspecified atom stereocenters. The summed E-state index contributed by atoms with van der Waals surface area (Å²) in [5.41, 5.74) is 2.30. The van der Waals surface area contributed by atoms with Gasteiger partial charge in [0.2, 0.25) is 0 Å². The van der Waals surface area contributed by atoms with Crippen molar-refractivity contribution < 1.29 is 4.79 Å². The normalized spacial score (nSPS) is 10.6. The van der Waals surface area contributed by atoms with Gasteiger partial charge in [-0.3, -0.25) is 0 Å². The molecular formula is C15H22N2O. The van der Waals surface area contributed by atoms with Crippen LogP contribution in [0.3, 0.4) is 0 Å². The maximum Gasteiger partial charge on any atom is 0.321 e. The summed E-state index contributed by atoms with van der Waals surface area (Å²) in [6.07, 6.45) is 5.72. The molecule has 0 aromatic heterocycles. The lowest BCUT2D eigenvalue weighted by Gasteiger charge is -2.15. The average Bonchev–Trinajstić information content (AvgIpc) is 2.35. The number of unbranched alkanes of at least 4 members (excludes halogenated alkanes) is 1. The predicted molar refractivity (Wildman–Crippen MR) is 76.3 cm³/mol. The van der Waals surface area contributed by atoms with Crippen LogP contribution < -0.4 is 5.32 Å². The molecule has 0 saturated heterocycles. The largest absolute Gasteiger partial charge is 0.328 e. The van der Waals surface area contributed by atoms with Crippen LogP contribution in [0.4, 0.5) is 4.79 Å². The van der Waals surface area contributed by atoms with Crippen LogP contribution in [0.2, 0.25) is 0 Å². The quantitative estimate of drug-likeness (QED) is 0.848. The van der Waals surface area contributed by atoms with E-state index in [1.165, 1.54) is 5.56 Å². The first-order valence-corrected chi connectivity index (χ1v) is 6.38. The van der Waals surface area contributed by atoms with Crippen molar-refractivity contribution in [1.29, 1.82) is 0 Å². The van der Waals surface area contributed by atoms with Crippen LogP contribution in [0.25, 0.3) is 6.08 Å². The van der Waals surface area contributed by atoms with Crippen LogP contribution in [0, 0.1) is 6.92 Å². The third-order valence-electron chi connectivity index (χ3n) is 2.72. The lowest BCUT2D eigenvalue weighted by molar-refractivity contribution is 0.212. The van der Waals surface area contributed by atoms with E-state index in [4.69, 9.17) is 0 Å². The van der Waals surface area contributed by atoms with E-state index in [0.29, 0.717) is 0 Å². The molecule has 1 aromatic rings. The number of carbonyl (C=O) groups is 1. The molecule has 2 amide bonds. The Hall–Kier alpha value is -1.77. The van der Waals surface area contributed by atoms with Crippen LogP contribution in [-0.4, -0.2) is 24.5 Å². The molecule has 18 heavy (non-hydrogen) atoms. The zero-order chi connectivity index (χ0) is 13.4. The Labute approximate surface area is 109 Å². The number of amides is 2. The molecule has 0 spiro atoms. The minimum absolute atomic E-state index is 0.0626. The molecule has 1 aromatic carbocycles. The van der Waals surface area contributed by atoms with Gasteiger partial charge in [0.1, 0.15) is 0 Å². The number of hydrogen-bond donors (Lipinski definition) is 1. The summed E-state index contributed by atoms with van der Waals surface area (Å²) >= 11 is 0. The van der Waals surface area contributed by atoms with Crippen molar-refractivity contribution in [3.8, 4) is 0 Å². The molecule has 3 heteroatoms. The minimum Gasteiger partial charge on any atom is -0.328 e. The zero-order valence-electron chi connectivity index (χ0n) is 11.4. The van der Waals surface area contributed by atoms with E-state index in [2.05, 4.69) is 31.3 Å². The van der Waals surface area contributed by atoms with E-state index in [-0.39, 0.29) is 6.03 Å². The van der Waals surface area contributed by atoms with E-state index in [1.54, 1.807) is 11.1 Å². The van der Waals surface area contributed by atoms with Gasteiger partial charge in [0.05, 0.1) is 0 Å². The average molecular weight is 246 g/mol. The highest BCUT2D eigenvalue weighted by Crippen LogP contribution is 2.05. The van der Waals surface area contributed by atoms with Crippen molar-refractivity contribution >= 4 is 12.1 Å². The van der Waals surface area contributed by atoms with E-state index < -0.39 is 0 Å². The number of aryl methyl sites for hydroxylation is 1. The Morgan fingerprint density at radius 2 is 2.22 bits per heavy atom. The summed E-state index contributed by atoms with van der Waals surface area (Å²) in [6, 6.07) is 8.07. The lowest BCUT2D eigenvalue weighted by Crippen LogP contribution is -2.34. The van der Waals surface area contributed by atoms with Gasteiger partial charge in [-0.05, 0) is 25.0 Å². The Bertz CT molecular complexity index is 413. The fraction of sp³-hybridized carbons (Fsp3) is 0.400. The molecule has 98 valence electrons. The summed E-state index contributed by atoms with van der Waals surface area (Å²) in [6.45, 7) is 4.96. The highest BCUT2D eigenvalue weighted by Gasteiger charge is 2.04. The van der Waals surface area contributed by atoms with Crippen molar-refractivity contribution in [3.63, 3.8) is 0 Å². The van der Waals surface area contributed by atoms with E-state index >= 15 is 0 Å². The second-order valence-corrected chi connectivity index (χ2v) is 4.47. The molecule has 1 rings (SSSR count). The smallest absolute Gasteiger partial charge is 0.321 e. The minimum atomic E-state index is -0.0626. The van der Waals surface area contributed by atoms with Gasteiger partial charge in [-0.1, -0.05) is 43.2 Å². The van der Waals surface area contributed by atoms with E-state index in [1.807, 2.05) is 25.3 Å². The predicted octanol–water partition coefficient (Wildman–Crippen LogP) is 3.41. The van der Waals surface area contributed by atoms with Crippen LogP contribution in [0.15, 0.2) is 30.5 Å². The number of benzene rings is 1. The van der Waals surface area contributed by atoms with Crippen molar-refractivity contribution in [2.24, 2.45) is 0 Å². The second-order valence-electron chi connectivity index (χ2n) is 4.47. The van der Waals surface area contributed by atoms with Crippen LogP contribution >= 0.6 is 0 Å². The first-order chi connectivity index (χ1) is 8.63. The molecule has 0 fully saturated rings. The fourth-order valence-electron chi connectivity index (χ4n) is 1.59. The van der Waals surface area contributed by atoms with Gasteiger partial charge in [0.25, 0.3) is 0 Å². The Balaban J connectivity index is 2.42. The Morgan fingerprint density at radius 3 is 2.89 bits per heavy atom. The molecule has 0 heterocycles. The molecule has 0 aliphatic carbocycles. The number of nitrogens with zero attached hydrogens (tertiary/aromatic N) is 1. The van der Waals surface area contributed by atoms with Gasteiger partial charge in [0, 0.05) is 19.8 Å². The summed E-state index contributed by atoms with van der Waals surface area (Å²) in [7, 11) is 1.81. The van der Waals surface area contributed by atoms with Crippen molar-refractivity contribution in [3.05, 3.63) is 41.6 Å². The monoisotopic (exact) mass is 246 g/mol. The summed E-state index contributed by atoms with van der Waals surface area (Å²) in [4.78, 5) is 13.4. The zero-order valence-corrected chi connectivity index (χ0v) is 11.4. The Kier molecular flexibility index (Phi) is 5.98. The molecule has 0 bridgehead atoms. The number of nitrogens with one attached hydrogen (secondary N) is 1. The van der Waals surface area contributed by atoms with E-state index in [0.717, 1.165) is 24.9 Å². The third kappa shape index (κ3) is 5.04. The maximum atomic E-state index is 11.7.